The zero-order valence-electron chi connectivity index (χ0n) is 19.0. The molecule has 0 radical (unpaired) electrons. The van der Waals surface area contributed by atoms with Gasteiger partial charge in [0.25, 0.3) is 11.8 Å². The van der Waals surface area contributed by atoms with Crippen molar-refractivity contribution in [2.75, 3.05) is 20.7 Å². The number of nitrogens with zero attached hydrogens (tertiary/aromatic N) is 3. The van der Waals surface area contributed by atoms with E-state index in [-0.39, 0.29) is 12.1 Å². The van der Waals surface area contributed by atoms with E-state index in [9.17, 15) is 22.8 Å². The Labute approximate surface area is 204 Å². The Morgan fingerprint density at radius 1 is 1.11 bits per heavy atom. The van der Waals surface area contributed by atoms with Crippen LogP contribution in [0, 0.1) is 0 Å². The number of hydrogen-bond donors (Lipinski definition) is 0. The summed E-state index contributed by atoms with van der Waals surface area (Å²) in [6, 6.07) is 14.7. The maximum absolute atomic E-state index is 13.3. The van der Waals surface area contributed by atoms with E-state index in [1.165, 1.54) is 28.3 Å². The molecular formula is C25H22F3N3O3S. The van der Waals surface area contributed by atoms with Gasteiger partial charge in [0, 0.05) is 24.6 Å². The molecule has 0 saturated carbocycles. The number of para-hydroxylation sites is 1. The summed E-state index contributed by atoms with van der Waals surface area (Å²) >= 11 is 1.52. The highest BCUT2D eigenvalue weighted by Crippen LogP contribution is 2.38. The lowest BCUT2D eigenvalue weighted by molar-refractivity contribution is -0.137. The number of amides is 2. The van der Waals surface area contributed by atoms with Crippen LogP contribution in [0.1, 0.15) is 38.8 Å². The van der Waals surface area contributed by atoms with Crippen molar-refractivity contribution >= 4 is 28.9 Å². The third kappa shape index (κ3) is 5.22. The predicted octanol–water partition coefficient (Wildman–Crippen LogP) is 5.23. The molecule has 2 aromatic carbocycles. The summed E-state index contributed by atoms with van der Waals surface area (Å²) < 4.78 is 44.0. The number of thiophene rings is 1. The summed E-state index contributed by atoms with van der Waals surface area (Å²) in [5, 5.41) is 7.87. The Bertz CT molecular complexity index is 1240. The van der Waals surface area contributed by atoms with Crippen LogP contribution in [0.4, 0.5) is 13.2 Å². The highest BCUT2D eigenvalue weighted by atomic mass is 32.1. The molecule has 4 rings (SSSR count). The molecule has 2 amide bonds. The van der Waals surface area contributed by atoms with E-state index >= 15 is 0 Å². The van der Waals surface area contributed by atoms with Gasteiger partial charge < -0.3 is 9.64 Å². The molecule has 1 atom stereocenters. The molecule has 35 heavy (non-hydrogen) atoms. The van der Waals surface area contributed by atoms with Gasteiger partial charge in [0.2, 0.25) is 0 Å². The number of likely N-dealkylation sites (N-methyl/N-ethyl adjacent to an activating group) is 1. The van der Waals surface area contributed by atoms with Gasteiger partial charge in [0.05, 0.1) is 29.3 Å². The van der Waals surface area contributed by atoms with Gasteiger partial charge in [-0.15, -0.1) is 11.3 Å². The third-order valence-corrected chi connectivity index (χ3v) is 6.57. The van der Waals surface area contributed by atoms with Crippen molar-refractivity contribution in [3.05, 3.63) is 87.6 Å². The fourth-order valence-corrected chi connectivity index (χ4v) is 4.61. The molecule has 0 saturated heterocycles. The molecule has 0 N–H and O–H groups in total. The average molecular weight is 502 g/mol. The van der Waals surface area contributed by atoms with Crippen molar-refractivity contribution in [2.24, 2.45) is 5.10 Å². The number of carbonyl (C=O) groups excluding carboxylic acids is 2. The van der Waals surface area contributed by atoms with E-state index in [1.54, 1.807) is 13.2 Å². The van der Waals surface area contributed by atoms with E-state index in [0.29, 0.717) is 12.2 Å². The zero-order chi connectivity index (χ0) is 25.2. The third-order valence-electron chi connectivity index (χ3n) is 5.65. The van der Waals surface area contributed by atoms with Gasteiger partial charge >= 0.3 is 6.18 Å². The van der Waals surface area contributed by atoms with Crippen LogP contribution in [-0.4, -0.2) is 48.1 Å². The van der Waals surface area contributed by atoms with E-state index in [0.717, 1.165) is 40.4 Å². The smallest absolute Gasteiger partial charge is 0.416 e. The molecule has 0 spiro atoms. The molecule has 1 aromatic heterocycles. The highest BCUT2D eigenvalue weighted by Gasteiger charge is 2.36. The molecular weight excluding hydrogens is 479 g/mol. The number of carbonyl (C=O) groups is 2. The van der Waals surface area contributed by atoms with Crippen LogP contribution < -0.4 is 4.74 Å². The minimum absolute atomic E-state index is 0.0544. The molecule has 0 unspecified atom stereocenters. The molecule has 0 fully saturated rings. The van der Waals surface area contributed by atoms with Gasteiger partial charge in [-0.3, -0.25) is 9.59 Å². The minimum Gasteiger partial charge on any atom is -0.496 e. The van der Waals surface area contributed by atoms with Crippen molar-refractivity contribution < 1.29 is 27.5 Å². The molecule has 0 aliphatic carbocycles. The summed E-state index contributed by atoms with van der Waals surface area (Å²) in [4.78, 5) is 28.2. The van der Waals surface area contributed by atoms with Crippen LogP contribution in [0.15, 0.2) is 71.1 Å². The van der Waals surface area contributed by atoms with Gasteiger partial charge in [-0.2, -0.15) is 18.3 Å². The summed E-state index contributed by atoms with van der Waals surface area (Å²) in [7, 11) is 2.98. The second-order valence-electron chi connectivity index (χ2n) is 7.96. The van der Waals surface area contributed by atoms with Gasteiger partial charge in [-0.25, -0.2) is 5.01 Å². The van der Waals surface area contributed by atoms with Crippen molar-refractivity contribution in [3.63, 3.8) is 0 Å². The summed E-state index contributed by atoms with van der Waals surface area (Å²) in [5.74, 6) is -0.370. The Kier molecular flexibility index (Phi) is 6.93. The number of alkyl halides is 3. The first-order chi connectivity index (χ1) is 16.7. The Morgan fingerprint density at radius 3 is 2.46 bits per heavy atom. The topological polar surface area (TPSA) is 62.2 Å². The summed E-state index contributed by atoms with van der Waals surface area (Å²) in [5.41, 5.74) is 0.745. The largest absolute Gasteiger partial charge is 0.496 e. The number of benzene rings is 2. The molecule has 1 aliphatic heterocycles. The lowest BCUT2D eigenvalue weighted by Crippen LogP contribution is -2.39. The van der Waals surface area contributed by atoms with Crippen LogP contribution in [0.25, 0.3) is 0 Å². The first-order valence-electron chi connectivity index (χ1n) is 10.7. The van der Waals surface area contributed by atoms with Crippen LogP contribution in [-0.2, 0) is 11.0 Å². The SMILES string of the molecule is COc1ccccc1[C@@H]1CC(c2cccs2)=NN1C(=O)CN(C)C(=O)c1ccc(C(F)(F)F)cc1. The monoisotopic (exact) mass is 501 g/mol. The van der Waals surface area contributed by atoms with E-state index in [4.69, 9.17) is 4.74 Å². The van der Waals surface area contributed by atoms with Crippen molar-refractivity contribution in [3.8, 4) is 5.75 Å². The number of ether oxygens (including phenoxy) is 1. The van der Waals surface area contributed by atoms with Crippen LogP contribution in [0.3, 0.4) is 0 Å². The van der Waals surface area contributed by atoms with Crippen LogP contribution in [0.2, 0.25) is 0 Å². The molecule has 2 heterocycles. The normalized spacial score (nSPS) is 15.6. The molecule has 0 bridgehead atoms. The summed E-state index contributed by atoms with van der Waals surface area (Å²) in [6.45, 7) is -0.299. The zero-order valence-corrected chi connectivity index (χ0v) is 19.8. The van der Waals surface area contributed by atoms with Gasteiger partial charge in [0.1, 0.15) is 12.3 Å². The van der Waals surface area contributed by atoms with Gasteiger partial charge in [0.15, 0.2) is 0 Å². The maximum Gasteiger partial charge on any atom is 0.416 e. The standard InChI is InChI=1S/C25H22F3N3O3S/c1-30(24(33)16-9-11-17(12-10-16)25(26,27)28)15-23(32)31-20(18-6-3-4-7-21(18)34-2)14-19(29-31)22-8-5-13-35-22/h3-13,20H,14-15H2,1-2H3/t20-/m0/s1. The molecule has 182 valence electrons. The minimum atomic E-state index is -4.50. The van der Waals surface area contributed by atoms with Crippen molar-refractivity contribution in [1.29, 1.82) is 0 Å². The first kappa shape index (κ1) is 24.5. The number of hydrazone groups is 1. The maximum atomic E-state index is 13.3. The second kappa shape index (κ2) is 9.91. The Morgan fingerprint density at radius 2 is 1.83 bits per heavy atom. The molecule has 6 nitrogen and oxygen atoms in total. The van der Waals surface area contributed by atoms with Crippen molar-refractivity contribution in [1.82, 2.24) is 9.91 Å². The summed E-state index contributed by atoms with van der Waals surface area (Å²) in [6.07, 6.45) is -4.02. The molecule has 10 heteroatoms. The fourth-order valence-electron chi connectivity index (χ4n) is 3.89. The second-order valence-corrected chi connectivity index (χ2v) is 8.91. The predicted molar refractivity (Wildman–Crippen MR) is 126 cm³/mol. The number of halogens is 3. The van der Waals surface area contributed by atoms with Crippen LogP contribution in [0.5, 0.6) is 5.75 Å². The van der Waals surface area contributed by atoms with Crippen LogP contribution >= 0.6 is 11.3 Å². The number of methoxy groups -OCH3 is 1. The van der Waals surface area contributed by atoms with Crippen molar-refractivity contribution in [2.45, 2.75) is 18.6 Å². The number of hydrogen-bond acceptors (Lipinski definition) is 5. The lowest BCUT2D eigenvalue weighted by atomic mass is 10.00. The molecule has 3 aromatic rings. The lowest BCUT2D eigenvalue weighted by Gasteiger charge is -2.26. The average Bonchev–Trinajstić information content (AvgIpc) is 3.53. The molecule has 1 aliphatic rings. The highest BCUT2D eigenvalue weighted by molar-refractivity contribution is 7.12. The van der Waals surface area contributed by atoms with E-state index in [1.807, 2.05) is 35.7 Å². The van der Waals surface area contributed by atoms with E-state index in [2.05, 4.69) is 5.10 Å². The van der Waals surface area contributed by atoms with Gasteiger partial charge in [-0.1, -0.05) is 24.3 Å². The number of rotatable bonds is 6. The Hall–Kier alpha value is -3.66. The quantitative estimate of drug-likeness (QED) is 0.465. The first-order valence-corrected chi connectivity index (χ1v) is 11.6. The Balaban J connectivity index is 1.55. The fraction of sp³-hybridized carbons (Fsp3) is 0.240. The van der Waals surface area contributed by atoms with E-state index < -0.39 is 29.6 Å². The van der Waals surface area contributed by atoms with Gasteiger partial charge in [-0.05, 0) is 41.8 Å².